The van der Waals surface area contributed by atoms with Crippen molar-refractivity contribution in [3.05, 3.63) is 45.4 Å². The molecule has 0 aromatic heterocycles. The van der Waals surface area contributed by atoms with Crippen molar-refractivity contribution >= 4 is 37.5 Å². The molecule has 0 unspecified atom stereocenters. The van der Waals surface area contributed by atoms with Crippen molar-refractivity contribution in [3.8, 4) is 17.6 Å². The minimum absolute atomic E-state index is 0.149. The summed E-state index contributed by atoms with van der Waals surface area (Å²) in [5, 5.41) is 32.9. The Morgan fingerprint density at radius 2 is 1.87 bits per heavy atom. The van der Waals surface area contributed by atoms with Crippen molar-refractivity contribution in [2.45, 2.75) is 36.5 Å². The lowest BCUT2D eigenvalue weighted by Crippen LogP contribution is -2.33. The number of halogens is 1. The average molecular weight is 494 g/mol. The van der Waals surface area contributed by atoms with Crippen molar-refractivity contribution < 1.29 is 23.4 Å². The molecule has 8 nitrogen and oxygen atoms in total. The first-order valence-electron chi connectivity index (χ1n) is 9.07. The number of nitrogens with zero attached hydrogens (tertiary/aromatic N) is 1. The van der Waals surface area contributed by atoms with Gasteiger partial charge in [0.25, 0.3) is 15.9 Å². The Hall–Kier alpha value is -2.77. The van der Waals surface area contributed by atoms with Crippen LogP contribution in [0.4, 0.5) is 5.69 Å². The SMILES string of the molecule is CNC(=O)c1cc(C2(C#N)CCC2)cc(NS(=O)(=O)c2cc(Br)cc(C)c2O)c1O. The Kier molecular flexibility index (Phi) is 5.71. The number of hydrogen-bond acceptors (Lipinski definition) is 6. The van der Waals surface area contributed by atoms with Crippen LogP contribution in [-0.4, -0.2) is 31.6 Å². The van der Waals surface area contributed by atoms with Gasteiger partial charge in [0.2, 0.25) is 0 Å². The predicted molar refractivity (Wildman–Crippen MR) is 114 cm³/mol. The topological polar surface area (TPSA) is 140 Å². The first kappa shape index (κ1) is 21.9. The fourth-order valence-corrected chi connectivity index (χ4v) is 5.38. The molecule has 1 saturated carbocycles. The maximum atomic E-state index is 13.0. The van der Waals surface area contributed by atoms with Gasteiger partial charge in [-0.25, -0.2) is 8.42 Å². The van der Waals surface area contributed by atoms with Crippen LogP contribution >= 0.6 is 15.9 Å². The fraction of sp³-hybridized carbons (Fsp3) is 0.300. The molecule has 1 aliphatic carbocycles. The third kappa shape index (κ3) is 3.70. The molecule has 3 rings (SSSR count). The largest absolute Gasteiger partial charge is 0.506 e. The summed E-state index contributed by atoms with van der Waals surface area (Å²) < 4.78 is 28.6. The van der Waals surface area contributed by atoms with Crippen LogP contribution in [0.1, 0.15) is 40.7 Å². The second-order valence-corrected chi connectivity index (χ2v) is 9.79. The first-order chi connectivity index (χ1) is 14.0. The highest BCUT2D eigenvalue weighted by Crippen LogP contribution is 2.46. The van der Waals surface area contributed by atoms with Gasteiger partial charge in [-0.05, 0) is 61.6 Å². The van der Waals surface area contributed by atoms with Crippen molar-refractivity contribution in [3.63, 3.8) is 0 Å². The number of carbonyl (C=O) groups excluding carboxylic acids is 1. The lowest BCUT2D eigenvalue weighted by molar-refractivity contribution is 0.0960. The van der Waals surface area contributed by atoms with Crippen molar-refractivity contribution in [1.82, 2.24) is 5.32 Å². The van der Waals surface area contributed by atoms with Crippen LogP contribution in [0.3, 0.4) is 0 Å². The normalized spacial score (nSPS) is 15.0. The van der Waals surface area contributed by atoms with Crippen LogP contribution in [0.2, 0.25) is 0 Å². The Balaban J connectivity index is 2.16. The fourth-order valence-electron chi connectivity index (χ4n) is 3.40. The summed E-state index contributed by atoms with van der Waals surface area (Å²) >= 11 is 3.20. The third-order valence-electron chi connectivity index (χ3n) is 5.32. The Labute approximate surface area is 182 Å². The summed E-state index contributed by atoms with van der Waals surface area (Å²) in [5.74, 6) is -1.62. The zero-order valence-corrected chi connectivity index (χ0v) is 18.7. The van der Waals surface area contributed by atoms with E-state index in [0.717, 1.165) is 6.42 Å². The smallest absolute Gasteiger partial charge is 0.265 e. The summed E-state index contributed by atoms with van der Waals surface area (Å²) in [5.41, 5.74) is -0.453. The average Bonchev–Trinajstić information content (AvgIpc) is 2.65. The van der Waals surface area contributed by atoms with E-state index in [1.807, 2.05) is 0 Å². The van der Waals surface area contributed by atoms with Crippen LogP contribution in [0.25, 0.3) is 0 Å². The van der Waals surface area contributed by atoms with E-state index >= 15 is 0 Å². The molecule has 4 N–H and O–H groups in total. The molecule has 10 heteroatoms. The molecule has 158 valence electrons. The molecule has 0 saturated heterocycles. The third-order valence-corrected chi connectivity index (χ3v) is 7.16. The summed E-state index contributed by atoms with van der Waals surface area (Å²) in [6.07, 6.45) is 1.97. The van der Waals surface area contributed by atoms with E-state index in [1.54, 1.807) is 13.0 Å². The van der Waals surface area contributed by atoms with Gasteiger partial charge in [-0.3, -0.25) is 9.52 Å². The molecule has 2 aromatic carbocycles. The van der Waals surface area contributed by atoms with Gasteiger partial charge in [0.15, 0.2) is 5.75 Å². The Morgan fingerprint density at radius 1 is 1.20 bits per heavy atom. The van der Waals surface area contributed by atoms with Gasteiger partial charge in [0.1, 0.15) is 10.6 Å². The van der Waals surface area contributed by atoms with E-state index in [9.17, 15) is 28.7 Å². The summed E-state index contributed by atoms with van der Waals surface area (Å²) in [6, 6.07) is 7.81. The minimum Gasteiger partial charge on any atom is -0.506 e. The number of benzene rings is 2. The molecule has 1 fully saturated rings. The first-order valence-corrected chi connectivity index (χ1v) is 11.3. The summed E-state index contributed by atoms with van der Waals surface area (Å²) in [4.78, 5) is 11.9. The van der Waals surface area contributed by atoms with E-state index < -0.39 is 32.8 Å². The van der Waals surface area contributed by atoms with E-state index in [-0.39, 0.29) is 16.1 Å². The van der Waals surface area contributed by atoms with E-state index in [2.05, 4.69) is 32.0 Å². The number of nitriles is 1. The second-order valence-electron chi connectivity index (χ2n) is 7.22. The minimum atomic E-state index is -4.32. The Morgan fingerprint density at radius 3 is 2.40 bits per heavy atom. The monoisotopic (exact) mass is 493 g/mol. The number of phenolic OH excluding ortho intramolecular Hbond substituents is 2. The summed E-state index contributed by atoms with van der Waals surface area (Å²) in [7, 11) is -2.94. The zero-order chi connectivity index (χ0) is 22.3. The molecular weight excluding hydrogens is 474 g/mol. The van der Waals surface area contributed by atoms with Gasteiger partial charge >= 0.3 is 0 Å². The molecule has 0 bridgehead atoms. The summed E-state index contributed by atoms with van der Waals surface area (Å²) in [6.45, 7) is 1.55. The number of rotatable bonds is 5. The number of aryl methyl sites for hydroxylation is 1. The van der Waals surface area contributed by atoms with Gasteiger partial charge in [-0.15, -0.1) is 0 Å². The van der Waals surface area contributed by atoms with E-state index in [1.165, 1.54) is 25.2 Å². The number of nitrogens with one attached hydrogen (secondary N) is 2. The van der Waals surface area contributed by atoms with Gasteiger partial charge < -0.3 is 15.5 Å². The van der Waals surface area contributed by atoms with Crippen molar-refractivity contribution in [1.29, 1.82) is 5.26 Å². The van der Waals surface area contributed by atoms with Crippen LogP contribution in [-0.2, 0) is 15.4 Å². The van der Waals surface area contributed by atoms with Crippen LogP contribution in [0, 0.1) is 18.3 Å². The molecule has 0 radical (unpaired) electrons. The highest BCUT2D eigenvalue weighted by molar-refractivity contribution is 9.10. The number of amides is 1. The van der Waals surface area contributed by atoms with Gasteiger partial charge in [0, 0.05) is 11.5 Å². The number of sulfonamides is 1. The highest BCUT2D eigenvalue weighted by Gasteiger charge is 2.40. The molecule has 2 aromatic rings. The second kappa shape index (κ2) is 7.81. The van der Waals surface area contributed by atoms with Crippen LogP contribution < -0.4 is 10.0 Å². The Bertz CT molecular complexity index is 1180. The maximum absolute atomic E-state index is 13.0. The number of aromatic hydroxyl groups is 2. The van der Waals surface area contributed by atoms with Gasteiger partial charge in [0.05, 0.1) is 22.7 Å². The molecule has 0 atom stereocenters. The zero-order valence-electron chi connectivity index (χ0n) is 16.3. The van der Waals surface area contributed by atoms with Crippen molar-refractivity contribution in [2.75, 3.05) is 11.8 Å². The molecule has 0 aliphatic heterocycles. The highest BCUT2D eigenvalue weighted by atomic mass is 79.9. The standard InChI is InChI=1S/C20H20BrN3O5S/c1-11-6-13(21)9-16(17(11)25)30(28,29)24-15-8-12(20(10-22)4-3-5-20)7-14(18(15)26)19(27)23-2/h6-9,24-26H,3-5H2,1-2H3,(H,23,27). The number of anilines is 1. The maximum Gasteiger partial charge on any atom is 0.265 e. The van der Waals surface area contributed by atoms with Crippen LogP contribution in [0.15, 0.2) is 33.6 Å². The number of hydrogen-bond donors (Lipinski definition) is 4. The van der Waals surface area contributed by atoms with Crippen LogP contribution in [0.5, 0.6) is 11.5 Å². The van der Waals surface area contributed by atoms with Crippen molar-refractivity contribution in [2.24, 2.45) is 0 Å². The van der Waals surface area contributed by atoms with Gasteiger partial charge in [-0.2, -0.15) is 5.26 Å². The molecule has 0 spiro atoms. The van der Waals surface area contributed by atoms with E-state index in [4.69, 9.17) is 0 Å². The number of carbonyl (C=O) groups is 1. The lowest BCUT2D eigenvalue weighted by Gasteiger charge is -2.36. The van der Waals surface area contributed by atoms with Gasteiger partial charge in [-0.1, -0.05) is 15.9 Å². The molecule has 30 heavy (non-hydrogen) atoms. The quantitative estimate of drug-likeness (QED) is 0.471. The molecular formula is C20H20BrN3O5S. The lowest BCUT2D eigenvalue weighted by atomic mass is 9.65. The number of phenols is 2. The molecule has 0 heterocycles. The van der Waals surface area contributed by atoms with E-state index in [0.29, 0.717) is 28.4 Å². The molecule has 1 amide bonds. The molecule has 1 aliphatic rings. The predicted octanol–water partition coefficient (Wildman–Crippen LogP) is 3.27.